The summed E-state index contributed by atoms with van der Waals surface area (Å²) in [6, 6.07) is 0. The Morgan fingerprint density at radius 3 is 1.00 bits per heavy atom. The molecule has 0 bridgehead atoms. The predicted molar refractivity (Wildman–Crippen MR) is 7.13 cm³/mol. The first kappa shape index (κ1) is 22.5. The van der Waals surface area contributed by atoms with Gasteiger partial charge in [0.25, 0.3) is 0 Å². The average Bonchev–Trinajstić information content (AvgIpc) is 0.722. The second-order valence-electron chi connectivity index (χ2n) is 0.408. The van der Waals surface area contributed by atoms with Crippen molar-refractivity contribution < 1.29 is 113 Å². The van der Waals surface area contributed by atoms with Gasteiger partial charge in [-0.3, -0.25) is 0 Å². The summed E-state index contributed by atoms with van der Waals surface area (Å²) in [5.74, 6) is 0. The fourth-order valence-corrected chi connectivity index (χ4v) is 0. The third-order valence-corrected chi connectivity index (χ3v) is 0. The zero-order valence-electron chi connectivity index (χ0n) is 4.39. The van der Waals surface area contributed by atoms with E-state index >= 15 is 0 Å². The summed E-state index contributed by atoms with van der Waals surface area (Å²) in [7, 11) is 0. The fourth-order valence-electron chi connectivity index (χ4n) is 0. The molecule has 0 radical (unpaired) electrons. The largest absolute Gasteiger partial charge is 1.00 e. The topological polar surface area (TPSA) is 80.3 Å². The molecular formula is ArNa2O4Se. The Labute approximate surface area is 123 Å². The summed E-state index contributed by atoms with van der Waals surface area (Å²) in [5, 5.41) is 0. The van der Waals surface area contributed by atoms with Crippen LogP contribution < -0.4 is 67.5 Å². The third-order valence-electron chi connectivity index (χ3n) is 0. The first-order chi connectivity index (χ1) is 2.00. The molecule has 0 saturated heterocycles. The Morgan fingerprint density at radius 1 is 1.00 bits per heavy atom. The van der Waals surface area contributed by atoms with E-state index in [0.29, 0.717) is 0 Å². The van der Waals surface area contributed by atoms with E-state index in [0.717, 1.165) is 0 Å². The molecule has 0 unspecified atom stereocenters. The van der Waals surface area contributed by atoms with Crippen molar-refractivity contribution in [2.24, 2.45) is 0 Å². The Hall–Kier alpha value is 3.30. The van der Waals surface area contributed by atoms with Crippen LogP contribution in [0.3, 0.4) is 0 Å². The molecule has 0 N–H and O–H groups in total. The van der Waals surface area contributed by atoms with Crippen molar-refractivity contribution >= 4 is 13.4 Å². The Morgan fingerprint density at radius 2 is 1.00 bits per heavy atom. The fraction of sp³-hybridized carbons (Fsp3) is 0. The van der Waals surface area contributed by atoms with Gasteiger partial charge in [0.1, 0.15) is 0 Å². The van der Waals surface area contributed by atoms with Crippen molar-refractivity contribution in [3.8, 4) is 0 Å². The zero-order valence-corrected chi connectivity index (χ0v) is 10.8. The van der Waals surface area contributed by atoms with Gasteiger partial charge in [-0.1, -0.05) is 0 Å². The van der Waals surface area contributed by atoms with Gasteiger partial charge in [-0.15, -0.1) is 0 Å². The molecule has 0 saturated carbocycles. The number of rotatable bonds is 0. The van der Waals surface area contributed by atoms with Crippen molar-refractivity contribution in [3.05, 3.63) is 0 Å². The molecule has 8 heavy (non-hydrogen) atoms. The molecule has 0 amide bonds. The molecule has 0 heterocycles. The Balaban J connectivity index is -0.0000000267. The van der Waals surface area contributed by atoms with Crippen LogP contribution in [0.1, 0.15) is 0 Å². The van der Waals surface area contributed by atoms with Gasteiger partial charge in [0.15, 0.2) is 0 Å². The van der Waals surface area contributed by atoms with Gasteiger partial charge in [0, 0.05) is 37.7 Å². The quantitative estimate of drug-likeness (QED) is 0.386. The Bertz CT molecular complexity index is 97.2. The normalized spacial score (nSPS) is 7.25. The second-order valence-corrected chi connectivity index (χ2v) is 2.12. The van der Waals surface area contributed by atoms with Gasteiger partial charge < -0.3 is 0 Å². The first-order valence-corrected chi connectivity index (χ1v) is 3.46. The summed E-state index contributed by atoms with van der Waals surface area (Å²) in [6.07, 6.45) is 0. The smallest absolute Gasteiger partial charge is 0 e. The molecule has 0 aromatic carbocycles. The van der Waals surface area contributed by atoms with Gasteiger partial charge in [-0.25, -0.2) is 0 Å². The first-order valence-electron chi connectivity index (χ1n) is 0.667. The molecule has 0 rings (SSSR count). The van der Waals surface area contributed by atoms with Crippen LogP contribution in [0.4, 0.5) is 0 Å². The van der Waals surface area contributed by atoms with Gasteiger partial charge >= 0.3 is 88.5 Å². The average molecular weight is 229 g/mol. The van der Waals surface area contributed by atoms with E-state index in [1.165, 1.54) is 0 Å². The van der Waals surface area contributed by atoms with Crippen LogP contribution in [0.2, 0.25) is 0 Å². The molecule has 0 fully saturated rings. The van der Waals surface area contributed by atoms with Gasteiger partial charge in [-0.2, -0.15) is 0 Å². The van der Waals surface area contributed by atoms with Crippen molar-refractivity contribution in [2.45, 2.75) is 0 Å². The van der Waals surface area contributed by atoms with E-state index in [2.05, 4.69) is 0 Å². The van der Waals surface area contributed by atoms with Crippen LogP contribution in [-0.4, -0.2) is 13.4 Å². The van der Waals surface area contributed by atoms with E-state index in [1.54, 1.807) is 0 Å². The molecule has 8 heteroatoms. The molecule has 40 valence electrons. The number of hydrogen-bond donors (Lipinski definition) is 0. The maximum atomic E-state index is 8.59. The monoisotopic (exact) mass is 230 g/mol. The summed E-state index contributed by atoms with van der Waals surface area (Å²) in [4.78, 5) is 0. The molecule has 0 spiro atoms. The van der Waals surface area contributed by atoms with E-state index in [1.807, 2.05) is 0 Å². The summed E-state index contributed by atoms with van der Waals surface area (Å²) >= 11 is -5.75. The second kappa shape index (κ2) is 10.3. The van der Waals surface area contributed by atoms with Crippen LogP contribution >= 0.6 is 0 Å². The molecule has 0 aliphatic carbocycles. The maximum absolute atomic E-state index is 8.59. The van der Waals surface area contributed by atoms with Crippen LogP contribution in [0, 0.1) is 37.7 Å². The maximum Gasteiger partial charge on any atom is 1.00 e. The van der Waals surface area contributed by atoms with Gasteiger partial charge in [-0.05, 0) is 0 Å². The molecular weight excluding hydrogens is 229 g/mol. The van der Waals surface area contributed by atoms with Gasteiger partial charge in [0.05, 0.1) is 0 Å². The predicted octanol–water partition coefficient (Wildman–Crippen LogP) is -8.99. The van der Waals surface area contributed by atoms with Crippen molar-refractivity contribution in [1.82, 2.24) is 0 Å². The summed E-state index contributed by atoms with van der Waals surface area (Å²) in [5.41, 5.74) is 0. The minimum atomic E-state index is -5.75. The van der Waals surface area contributed by atoms with E-state index in [-0.39, 0.29) is 96.9 Å². The molecule has 0 aromatic rings. The van der Waals surface area contributed by atoms with Crippen LogP contribution in [-0.2, 0) is 7.67 Å². The summed E-state index contributed by atoms with van der Waals surface area (Å²) in [6.45, 7) is 0. The zero-order chi connectivity index (χ0) is 4.50. The molecule has 0 aromatic heterocycles. The van der Waals surface area contributed by atoms with E-state index in [4.69, 9.17) is 16.0 Å². The van der Waals surface area contributed by atoms with Crippen LogP contribution in [0.25, 0.3) is 0 Å². The van der Waals surface area contributed by atoms with Crippen LogP contribution in [0.15, 0.2) is 0 Å². The van der Waals surface area contributed by atoms with Crippen LogP contribution in [0.5, 0.6) is 0 Å². The third kappa shape index (κ3) is 58.8. The van der Waals surface area contributed by atoms with Crippen molar-refractivity contribution in [3.63, 3.8) is 0 Å². The minimum absolute atomic E-state index is 0. The standard InChI is InChI=1S/Ar.2Na.H2O4Se/c;;;1-5(2,3)4/h;;;(H2,1,2,3,4)/q;2*+1;/p-2. The minimum Gasteiger partial charge on any atom is 0 e. The summed E-state index contributed by atoms with van der Waals surface area (Å²) < 4.78 is 34.4. The molecule has 0 aliphatic heterocycles. The van der Waals surface area contributed by atoms with Gasteiger partial charge in [0.2, 0.25) is 0 Å². The Kier molecular flexibility index (Phi) is 29.0. The van der Waals surface area contributed by atoms with Crippen molar-refractivity contribution in [1.29, 1.82) is 0 Å². The van der Waals surface area contributed by atoms with E-state index < -0.39 is 13.4 Å². The molecule has 0 atom stereocenters. The number of hydrogen-bond acceptors (Lipinski definition) is 4. The van der Waals surface area contributed by atoms with E-state index in [9.17, 15) is 0 Å². The van der Waals surface area contributed by atoms with Crippen molar-refractivity contribution in [2.75, 3.05) is 0 Å². The molecule has 0 aliphatic rings. The SMILES string of the molecule is O=[Se](=O)([O-])[O-].[Ar].[Na+].[Na+]. The molecule has 4 nitrogen and oxygen atoms in total.